The molecule has 2 heterocycles. The Morgan fingerprint density at radius 2 is 1.58 bits per heavy atom. The van der Waals surface area contributed by atoms with E-state index < -0.39 is 14.1 Å². The zero-order chi connectivity index (χ0) is 23.7. The van der Waals surface area contributed by atoms with Crippen LogP contribution >= 0.6 is 0 Å². The first-order valence-corrected chi connectivity index (χ1v) is 13.9. The summed E-state index contributed by atoms with van der Waals surface area (Å²) in [6.07, 6.45) is 3.21. The number of fused-ring (bicyclic) bond motifs is 1. The molecule has 2 aliphatic rings. The molecule has 5 heteroatoms. The third kappa shape index (κ3) is 4.89. The molecule has 0 N–H and O–H groups in total. The van der Waals surface area contributed by atoms with Gasteiger partial charge in [0.1, 0.15) is 6.10 Å². The molecule has 0 aromatic heterocycles. The first kappa shape index (κ1) is 24.4. The number of rotatable bonds is 7. The fourth-order valence-electron chi connectivity index (χ4n) is 5.44. The smallest absolute Gasteiger partial charge is 0.261 e. The van der Waals surface area contributed by atoms with Crippen molar-refractivity contribution in [3.8, 4) is 0 Å². The molecule has 2 aliphatic heterocycles. The van der Waals surface area contributed by atoms with Crippen LogP contribution in [0.5, 0.6) is 0 Å². The maximum atomic E-state index is 7.12. The van der Waals surface area contributed by atoms with E-state index >= 15 is 0 Å². The third-order valence-electron chi connectivity index (χ3n) is 6.75. The van der Waals surface area contributed by atoms with E-state index in [2.05, 4.69) is 88.0 Å². The lowest BCUT2D eigenvalue weighted by Crippen LogP contribution is -2.67. The van der Waals surface area contributed by atoms with Gasteiger partial charge >= 0.3 is 0 Å². The normalized spacial score (nSPS) is 27.2. The minimum Gasteiger partial charge on any atom is -0.405 e. The summed E-state index contributed by atoms with van der Waals surface area (Å²) >= 11 is 0. The molecule has 0 unspecified atom stereocenters. The van der Waals surface area contributed by atoms with Crippen molar-refractivity contribution in [2.45, 2.75) is 82.7 Å². The molecule has 0 saturated carbocycles. The quantitative estimate of drug-likeness (QED) is 0.433. The minimum atomic E-state index is -2.61. The fraction of sp³-hybridized carbons (Fsp3) is 0.500. The molecular formula is C28H38O4Si. The number of hydrogen-bond acceptors (Lipinski definition) is 4. The largest absolute Gasteiger partial charge is 0.405 e. The van der Waals surface area contributed by atoms with Crippen LogP contribution in [-0.4, -0.2) is 45.1 Å². The summed E-state index contributed by atoms with van der Waals surface area (Å²) < 4.78 is 26.1. The number of benzene rings is 2. The highest BCUT2D eigenvalue weighted by atomic mass is 28.4. The molecule has 2 fully saturated rings. The van der Waals surface area contributed by atoms with Gasteiger partial charge in [-0.05, 0) is 35.7 Å². The van der Waals surface area contributed by atoms with Crippen LogP contribution in [0.15, 0.2) is 73.3 Å². The molecule has 33 heavy (non-hydrogen) atoms. The van der Waals surface area contributed by atoms with Gasteiger partial charge in [0, 0.05) is 6.42 Å². The zero-order valence-corrected chi connectivity index (χ0v) is 21.6. The second kappa shape index (κ2) is 9.47. The Labute approximate surface area is 200 Å². The maximum absolute atomic E-state index is 7.12. The van der Waals surface area contributed by atoms with Crippen molar-refractivity contribution >= 4 is 18.7 Å². The molecule has 4 nitrogen and oxygen atoms in total. The standard InChI is InChI=1S/C28H38O4Si/c1-7-14-24-26-25(31-28(5,6)32-26)19-21(30-24)20-29-33(27(2,3)4,22-15-10-8-11-16-22)23-17-12-9-13-18-23/h7-13,15-18,21,24-26H,1,14,19-20H2,2-6H3/t21-,24+,25-,26+/m0/s1. The van der Waals surface area contributed by atoms with E-state index in [-0.39, 0.29) is 29.5 Å². The lowest BCUT2D eigenvalue weighted by molar-refractivity contribution is -0.159. The predicted octanol–water partition coefficient (Wildman–Crippen LogP) is 4.82. The summed E-state index contributed by atoms with van der Waals surface area (Å²) in [4.78, 5) is 0. The lowest BCUT2D eigenvalue weighted by Gasteiger charge is -2.44. The Bertz CT molecular complexity index is 882. The maximum Gasteiger partial charge on any atom is 0.261 e. The van der Waals surface area contributed by atoms with Gasteiger partial charge in [-0.1, -0.05) is 87.5 Å². The first-order valence-electron chi connectivity index (χ1n) is 12.0. The van der Waals surface area contributed by atoms with Gasteiger partial charge in [-0.2, -0.15) is 0 Å². The SMILES string of the molecule is C=CC[C@H]1O[C@H](CO[Si](c2ccccc2)(c2ccccc2)C(C)(C)C)C[C@@H]2OC(C)(C)O[C@@H]21. The highest BCUT2D eigenvalue weighted by Gasteiger charge is 2.53. The molecule has 0 aliphatic carbocycles. The lowest BCUT2D eigenvalue weighted by atomic mass is 9.96. The Morgan fingerprint density at radius 3 is 2.09 bits per heavy atom. The minimum absolute atomic E-state index is 0.00598. The molecule has 2 saturated heterocycles. The van der Waals surface area contributed by atoms with Gasteiger partial charge in [0.25, 0.3) is 8.32 Å². The van der Waals surface area contributed by atoms with Crippen LogP contribution in [0.4, 0.5) is 0 Å². The summed E-state index contributed by atoms with van der Waals surface area (Å²) in [7, 11) is -2.61. The van der Waals surface area contributed by atoms with E-state index in [9.17, 15) is 0 Å². The van der Waals surface area contributed by atoms with Crippen molar-refractivity contribution in [2.24, 2.45) is 0 Å². The van der Waals surface area contributed by atoms with Gasteiger partial charge in [0.15, 0.2) is 5.79 Å². The van der Waals surface area contributed by atoms with Crippen molar-refractivity contribution < 1.29 is 18.6 Å². The molecular weight excluding hydrogens is 428 g/mol. The second-order valence-corrected chi connectivity index (χ2v) is 15.0. The van der Waals surface area contributed by atoms with Crippen LogP contribution in [0.25, 0.3) is 0 Å². The molecule has 0 bridgehead atoms. The third-order valence-corrected chi connectivity index (χ3v) is 11.8. The van der Waals surface area contributed by atoms with Crippen molar-refractivity contribution in [3.63, 3.8) is 0 Å². The van der Waals surface area contributed by atoms with Crippen molar-refractivity contribution in [3.05, 3.63) is 73.3 Å². The van der Waals surface area contributed by atoms with Gasteiger partial charge in [0.2, 0.25) is 0 Å². The Balaban J connectivity index is 1.64. The molecule has 4 atom stereocenters. The first-order chi connectivity index (χ1) is 15.7. The fourth-order valence-corrected chi connectivity index (χ4v) is 10.0. The topological polar surface area (TPSA) is 36.9 Å². The van der Waals surface area contributed by atoms with E-state index in [1.165, 1.54) is 10.4 Å². The zero-order valence-electron chi connectivity index (χ0n) is 20.6. The van der Waals surface area contributed by atoms with E-state index in [0.29, 0.717) is 6.61 Å². The monoisotopic (exact) mass is 466 g/mol. The number of ether oxygens (including phenoxy) is 3. The second-order valence-electron chi connectivity index (χ2n) is 10.7. The van der Waals surface area contributed by atoms with Crippen LogP contribution in [0.1, 0.15) is 47.5 Å². The van der Waals surface area contributed by atoms with Gasteiger partial charge < -0.3 is 18.6 Å². The van der Waals surface area contributed by atoms with Gasteiger partial charge in [-0.25, -0.2) is 0 Å². The molecule has 2 aromatic carbocycles. The summed E-state index contributed by atoms with van der Waals surface area (Å²) in [5.41, 5.74) is 0. The van der Waals surface area contributed by atoms with Crippen LogP contribution in [0.3, 0.4) is 0 Å². The van der Waals surface area contributed by atoms with Gasteiger partial charge in [-0.15, -0.1) is 6.58 Å². The van der Waals surface area contributed by atoms with Crippen molar-refractivity contribution in [1.82, 2.24) is 0 Å². The molecule has 0 amide bonds. The average molecular weight is 467 g/mol. The molecule has 4 rings (SSSR count). The van der Waals surface area contributed by atoms with Gasteiger partial charge in [-0.3, -0.25) is 0 Å². The molecule has 0 radical (unpaired) electrons. The van der Waals surface area contributed by atoms with E-state index in [0.717, 1.165) is 12.8 Å². The summed E-state index contributed by atoms with van der Waals surface area (Å²) in [5, 5.41) is 2.49. The highest BCUT2D eigenvalue weighted by molar-refractivity contribution is 6.99. The summed E-state index contributed by atoms with van der Waals surface area (Å²) in [5.74, 6) is -0.591. The highest BCUT2D eigenvalue weighted by Crippen LogP contribution is 2.40. The predicted molar refractivity (Wildman–Crippen MR) is 135 cm³/mol. The number of hydrogen-bond donors (Lipinski definition) is 0. The van der Waals surface area contributed by atoms with Crippen molar-refractivity contribution in [1.29, 1.82) is 0 Å². The van der Waals surface area contributed by atoms with Crippen molar-refractivity contribution in [2.75, 3.05) is 6.61 Å². The van der Waals surface area contributed by atoms with E-state index in [1.807, 2.05) is 19.9 Å². The molecule has 178 valence electrons. The summed E-state index contributed by atoms with van der Waals surface area (Å²) in [6.45, 7) is 15.3. The van der Waals surface area contributed by atoms with Crippen LogP contribution in [0, 0.1) is 0 Å². The Morgan fingerprint density at radius 1 is 1.00 bits per heavy atom. The van der Waals surface area contributed by atoms with Crippen LogP contribution in [0.2, 0.25) is 5.04 Å². The summed E-state index contributed by atoms with van der Waals surface area (Å²) in [6, 6.07) is 21.5. The van der Waals surface area contributed by atoms with Crippen LogP contribution < -0.4 is 10.4 Å². The Hall–Kier alpha value is -1.76. The average Bonchev–Trinajstić information content (AvgIpc) is 3.09. The van der Waals surface area contributed by atoms with E-state index in [4.69, 9.17) is 18.6 Å². The molecule has 2 aromatic rings. The van der Waals surface area contributed by atoms with Crippen LogP contribution in [-0.2, 0) is 18.6 Å². The Kier molecular flexibility index (Phi) is 6.99. The molecule has 0 spiro atoms. The van der Waals surface area contributed by atoms with Gasteiger partial charge in [0.05, 0.1) is 24.9 Å². The van der Waals surface area contributed by atoms with E-state index in [1.54, 1.807) is 0 Å².